The number of hydrogen-bond acceptors (Lipinski definition) is 3. The first kappa shape index (κ1) is 14.2. The van der Waals surface area contributed by atoms with Crippen LogP contribution in [0.25, 0.3) is 0 Å². The van der Waals surface area contributed by atoms with Gasteiger partial charge in [-0.2, -0.15) is 0 Å². The summed E-state index contributed by atoms with van der Waals surface area (Å²) >= 11 is 3.55. The van der Waals surface area contributed by atoms with Gasteiger partial charge in [0.15, 0.2) is 11.5 Å². The van der Waals surface area contributed by atoms with Gasteiger partial charge in [0, 0.05) is 12.6 Å². The predicted octanol–water partition coefficient (Wildman–Crippen LogP) is 4.24. The molecule has 0 radical (unpaired) electrons. The Bertz CT molecular complexity index is 491. The van der Waals surface area contributed by atoms with E-state index in [0.29, 0.717) is 18.2 Å². The van der Waals surface area contributed by atoms with Gasteiger partial charge in [0.05, 0.1) is 4.47 Å². The van der Waals surface area contributed by atoms with Crippen molar-refractivity contribution in [3.05, 3.63) is 22.2 Å². The molecule has 0 saturated heterocycles. The zero-order valence-corrected chi connectivity index (χ0v) is 13.8. The molecule has 0 atom stereocenters. The fraction of sp³-hybridized carbons (Fsp3) is 0.625. The maximum Gasteiger partial charge on any atom is 0.231 e. The molecule has 1 N–H and O–H groups in total. The van der Waals surface area contributed by atoms with E-state index < -0.39 is 0 Å². The summed E-state index contributed by atoms with van der Waals surface area (Å²) < 4.78 is 11.9. The molecule has 1 heterocycles. The first-order valence-electron chi connectivity index (χ1n) is 7.35. The van der Waals surface area contributed by atoms with Crippen molar-refractivity contribution >= 4 is 15.9 Å². The van der Waals surface area contributed by atoms with Gasteiger partial charge in [0.25, 0.3) is 0 Å². The van der Waals surface area contributed by atoms with E-state index >= 15 is 0 Å². The summed E-state index contributed by atoms with van der Waals surface area (Å²) in [6.07, 6.45) is 5.18. The van der Waals surface area contributed by atoms with Gasteiger partial charge in [-0.1, -0.05) is 13.8 Å². The Labute approximate surface area is 129 Å². The molecular formula is C16H22BrNO2. The van der Waals surface area contributed by atoms with E-state index in [1.54, 1.807) is 0 Å². The molecule has 20 heavy (non-hydrogen) atoms. The van der Waals surface area contributed by atoms with E-state index in [4.69, 9.17) is 9.47 Å². The number of ether oxygens (including phenoxy) is 2. The highest BCUT2D eigenvalue weighted by Gasteiger charge is 2.26. The fourth-order valence-electron chi connectivity index (χ4n) is 2.99. The van der Waals surface area contributed by atoms with Gasteiger partial charge in [0.1, 0.15) is 0 Å². The zero-order chi connectivity index (χ0) is 14.2. The number of fused-ring (bicyclic) bond motifs is 1. The van der Waals surface area contributed by atoms with E-state index in [0.717, 1.165) is 22.5 Å². The lowest BCUT2D eigenvalue weighted by molar-refractivity contribution is 0.173. The van der Waals surface area contributed by atoms with Crippen molar-refractivity contribution in [2.24, 2.45) is 5.41 Å². The topological polar surface area (TPSA) is 30.5 Å². The molecule has 0 amide bonds. The van der Waals surface area contributed by atoms with Crippen LogP contribution in [0.3, 0.4) is 0 Å². The summed E-state index contributed by atoms with van der Waals surface area (Å²) in [4.78, 5) is 0. The second kappa shape index (κ2) is 5.57. The largest absolute Gasteiger partial charge is 0.454 e. The van der Waals surface area contributed by atoms with Crippen molar-refractivity contribution in [3.63, 3.8) is 0 Å². The molecule has 1 aromatic rings. The Morgan fingerprint density at radius 3 is 2.75 bits per heavy atom. The lowest BCUT2D eigenvalue weighted by Crippen LogP contribution is -2.35. The highest BCUT2D eigenvalue weighted by Crippen LogP contribution is 2.40. The summed E-state index contributed by atoms with van der Waals surface area (Å²) in [5, 5.41) is 3.68. The molecule has 2 aliphatic rings. The Morgan fingerprint density at radius 1 is 1.25 bits per heavy atom. The maximum atomic E-state index is 5.46. The van der Waals surface area contributed by atoms with Crippen LogP contribution in [-0.2, 0) is 6.54 Å². The van der Waals surface area contributed by atoms with E-state index in [9.17, 15) is 0 Å². The molecule has 4 heteroatoms. The summed E-state index contributed by atoms with van der Waals surface area (Å²) in [7, 11) is 0. The molecular weight excluding hydrogens is 318 g/mol. The minimum Gasteiger partial charge on any atom is -0.454 e. The first-order chi connectivity index (χ1) is 9.53. The minimum atomic E-state index is 0.322. The number of hydrogen-bond donors (Lipinski definition) is 1. The molecule has 0 aromatic heterocycles. The Balaban J connectivity index is 1.58. The smallest absolute Gasteiger partial charge is 0.231 e. The molecule has 1 aliphatic carbocycles. The van der Waals surface area contributed by atoms with Crippen molar-refractivity contribution in [3.8, 4) is 11.5 Å². The molecule has 1 aromatic carbocycles. The average Bonchev–Trinajstić information content (AvgIpc) is 2.86. The maximum absolute atomic E-state index is 5.46. The summed E-state index contributed by atoms with van der Waals surface area (Å²) in [6, 6.07) is 4.84. The lowest BCUT2D eigenvalue weighted by Gasteiger charge is -2.34. The third-order valence-corrected chi connectivity index (χ3v) is 5.01. The molecule has 1 aliphatic heterocycles. The van der Waals surface area contributed by atoms with Crippen LogP contribution in [0.1, 0.15) is 45.1 Å². The highest BCUT2D eigenvalue weighted by molar-refractivity contribution is 9.10. The molecule has 3 nitrogen and oxygen atoms in total. The Kier molecular flexibility index (Phi) is 3.95. The second-order valence-electron chi connectivity index (χ2n) is 6.63. The van der Waals surface area contributed by atoms with Gasteiger partial charge >= 0.3 is 0 Å². The normalized spacial score (nSPS) is 21.1. The van der Waals surface area contributed by atoms with Crippen LogP contribution in [0.15, 0.2) is 16.6 Å². The number of nitrogens with one attached hydrogen (secondary N) is 1. The van der Waals surface area contributed by atoms with Crippen molar-refractivity contribution in [2.75, 3.05) is 6.79 Å². The number of halogens is 1. The van der Waals surface area contributed by atoms with Crippen LogP contribution in [0, 0.1) is 5.41 Å². The van der Waals surface area contributed by atoms with Crippen LogP contribution >= 0.6 is 15.9 Å². The van der Waals surface area contributed by atoms with Gasteiger partial charge in [-0.15, -0.1) is 0 Å². The molecule has 3 rings (SSSR count). The SMILES string of the molecule is CC1(C)CCC(NCc2cc(Br)c3c(c2)OCO3)CC1. The van der Waals surface area contributed by atoms with E-state index in [-0.39, 0.29) is 0 Å². The van der Waals surface area contributed by atoms with E-state index in [1.165, 1.54) is 31.2 Å². The lowest BCUT2D eigenvalue weighted by atomic mass is 9.75. The molecule has 0 spiro atoms. The number of rotatable bonds is 3. The molecule has 110 valence electrons. The monoisotopic (exact) mass is 339 g/mol. The van der Waals surface area contributed by atoms with Gasteiger partial charge in [-0.3, -0.25) is 0 Å². The average molecular weight is 340 g/mol. The van der Waals surface area contributed by atoms with Gasteiger partial charge in [0.2, 0.25) is 6.79 Å². The zero-order valence-electron chi connectivity index (χ0n) is 12.2. The van der Waals surface area contributed by atoms with Crippen LogP contribution in [0.5, 0.6) is 11.5 Å². The Morgan fingerprint density at radius 2 is 2.00 bits per heavy atom. The fourth-order valence-corrected chi connectivity index (χ4v) is 3.59. The molecule has 0 unspecified atom stereocenters. The molecule has 0 bridgehead atoms. The van der Waals surface area contributed by atoms with Crippen LogP contribution in [0.2, 0.25) is 0 Å². The summed E-state index contributed by atoms with van der Waals surface area (Å²) in [5.41, 5.74) is 1.77. The van der Waals surface area contributed by atoms with Crippen LogP contribution in [-0.4, -0.2) is 12.8 Å². The third-order valence-electron chi connectivity index (χ3n) is 4.42. The highest BCUT2D eigenvalue weighted by atomic mass is 79.9. The van der Waals surface area contributed by atoms with Crippen molar-refractivity contribution in [1.29, 1.82) is 0 Å². The van der Waals surface area contributed by atoms with Crippen molar-refractivity contribution < 1.29 is 9.47 Å². The van der Waals surface area contributed by atoms with E-state index in [2.05, 4.69) is 47.2 Å². The quantitative estimate of drug-likeness (QED) is 0.893. The van der Waals surface area contributed by atoms with E-state index in [1.807, 2.05) is 0 Å². The van der Waals surface area contributed by atoms with Gasteiger partial charge in [-0.05, 0) is 64.7 Å². The standard InChI is InChI=1S/C16H22BrNO2/c1-16(2)5-3-12(4-6-16)18-9-11-7-13(17)15-14(8-11)19-10-20-15/h7-8,12,18H,3-6,9-10H2,1-2H3. The van der Waals surface area contributed by atoms with Crippen molar-refractivity contribution in [1.82, 2.24) is 5.32 Å². The van der Waals surface area contributed by atoms with Gasteiger partial charge < -0.3 is 14.8 Å². The second-order valence-corrected chi connectivity index (χ2v) is 7.49. The van der Waals surface area contributed by atoms with Crippen LogP contribution in [0.4, 0.5) is 0 Å². The summed E-state index contributed by atoms with van der Waals surface area (Å²) in [5.74, 6) is 1.68. The minimum absolute atomic E-state index is 0.322. The third kappa shape index (κ3) is 3.12. The van der Waals surface area contributed by atoms with Crippen molar-refractivity contribution in [2.45, 2.75) is 52.1 Å². The summed E-state index contributed by atoms with van der Waals surface area (Å²) in [6.45, 7) is 5.96. The predicted molar refractivity (Wildman–Crippen MR) is 83.1 cm³/mol. The molecule has 1 fully saturated rings. The van der Waals surface area contributed by atoms with Gasteiger partial charge in [-0.25, -0.2) is 0 Å². The Hall–Kier alpha value is -0.740. The van der Waals surface area contributed by atoms with Crippen LogP contribution < -0.4 is 14.8 Å². The molecule has 1 saturated carbocycles. The number of benzene rings is 1. The first-order valence-corrected chi connectivity index (χ1v) is 8.14.